The van der Waals surface area contributed by atoms with Crippen molar-refractivity contribution in [2.75, 3.05) is 10.6 Å². The van der Waals surface area contributed by atoms with Gasteiger partial charge in [0.25, 0.3) is 5.69 Å². The zero-order valence-corrected chi connectivity index (χ0v) is 18.2. The maximum atomic E-state index is 12.2. The van der Waals surface area contributed by atoms with Gasteiger partial charge in [-0.05, 0) is 59.8 Å². The molecule has 3 N–H and O–H groups in total. The number of carbonyl (C=O) groups excluding carboxylic acids is 2. The summed E-state index contributed by atoms with van der Waals surface area (Å²) in [6.07, 6.45) is 3.05. The number of benzene rings is 3. The van der Waals surface area contributed by atoms with Gasteiger partial charge in [0, 0.05) is 29.6 Å². The fourth-order valence-corrected chi connectivity index (χ4v) is 3.07. The third-order valence-electron chi connectivity index (χ3n) is 4.38. The second kappa shape index (κ2) is 11.3. The average molecular weight is 461 g/mol. The number of non-ortho nitro benzene ring substituents is 1. The lowest BCUT2D eigenvalue weighted by Crippen LogP contribution is -2.32. The van der Waals surface area contributed by atoms with E-state index < -0.39 is 10.8 Å². The van der Waals surface area contributed by atoms with Crippen LogP contribution in [0.15, 0.2) is 84.9 Å². The molecule has 8 nitrogen and oxygen atoms in total. The smallest absolute Gasteiger partial charge is 0.269 e. The SMILES string of the molecule is O=C(/C=C/c1ccc([N+](=O)[O-])cc1)NC(=S)Nc1cccc(NC(=O)Cc2ccccc2)c1. The number of nitrogens with zero attached hydrogens (tertiary/aromatic N) is 1. The summed E-state index contributed by atoms with van der Waals surface area (Å²) >= 11 is 5.17. The minimum Gasteiger partial charge on any atom is -0.332 e. The molecule has 3 aromatic carbocycles. The van der Waals surface area contributed by atoms with Crippen LogP contribution >= 0.6 is 12.2 Å². The van der Waals surface area contributed by atoms with E-state index in [-0.39, 0.29) is 23.1 Å². The first-order valence-corrected chi connectivity index (χ1v) is 10.3. The van der Waals surface area contributed by atoms with Gasteiger partial charge in [0.15, 0.2) is 5.11 Å². The lowest BCUT2D eigenvalue weighted by atomic mass is 10.1. The molecule has 0 aliphatic heterocycles. The van der Waals surface area contributed by atoms with Gasteiger partial charge in [-0.25, -0.2) is 0 Å². The van der Waals surface area contributed by atoms with Crippen molar-refractivity contribution in [2.24, 2.45) is 0 Å². The Kier molecular flexibility index (Phi) is 7.98. The molecule has 2 amide bonds. The number of thiocarbonyl (C=S) groups is 1. The Hall–Kier alpha value is -4.37. The van der Waals surface area contributed by atoms with Crippen LogP contribution in [0.2, 0.25) is 0 Å². The van der Waals surface area contributed by atoms with Crippen LogP contribution in [0.25, 0.3) is 6.08 Å². The summed E-state index contributed by atoms with van der Waals surface area (Å²) in [5.41, 5.74) is 2.70. The summed E-state index contributed by atoms with van der Waals surface area (Å²) in [4.78, 5) is 34.5. The van der Waals surface area contributed by atoms with Crippen LogP contribution in [0.3, 0.4) is 0 Å². The average Bonchev–Trinajstić information content (AvgIpc) is 2.78. The number of anilines is 2. The van der Waals surface area contributed by atoms with Crippen LogP contribution in [0.5, 0.6) is 0 Å². The van der Waals surface area contributed by atoms with Crippen LogP contribution in [0, 0.1) is 10.1 Å². The number of amides is 2. The standard InChI is InChI=1S/C24H20N4O4S/c29-22(14-11-17-9-12-21(13-10-17)28(31)32)27-24(33)26-20-8-4-7-19(16-20)25-23(30)15-18-5-2-1-3-6-18/h1-14,16H,15H2,(H,25,30)(H2,26,27,29,33)/b14-11+. The van der Waals surface area contributed by atoms with E-state index in [1.165, 1.54) is 36.4 Å². The summed E-state index contributed by atoms with van der Waals surface area (Å²) < 4.78 is 0. The van der Waals surface area contributed by atoms with Crippen molar-refractivity contribution in [2.45, 2.75) is 6.42 Å². The molecule has 0 aromatic heterocycles. The molecule has 0 aliphatic rings. The Bertz CT molecular complexity index is 1190. The number of hydrogen-bond donors (Lipinski definition) is 3. The molecule has 0 fully saturated rings. The highest BCUT2D eigenvalue weighted by Gasteiger charge is 2.07. The molecular weight excluding hydrogens is 440 g/mol. The minimum absolute atomic E-state index is 0.0273. The maximum absolute atomic E-state index is 12.2. The Morgan fingerprint density at radius 3 is 2.24 bits per heavy atom. The second-order valence-electron chi connectivity index (χ2n) is 6.92. The topological polar surface area (TPSA) is 113 Å². The van der Waals surface area contributed by atoms with Gasteiger partial charge < -0.3 is 10.6 Å². The molecule has 0 unspecified atom stereocenters. The number of nitro benzene ring substituents is 1. The molecule has 0 aliphatic carbocycles. The molecule has 0 atom stereocenters. The molecule has 0 radical (unpaired) electrons. The van der Waals surface area contributed by atoms with Crippen LogP contribution in [-0.4, -0.2) is 21.9 Å². The normalized spacial score (nSPS) is 10.4. The van der Waals surface area contributed by atoms with Crippen molar-refractivity contribution in [3.05, 3.63) is 106 Å². The Morgan fingerprint density at radius 2 is 1.58 bits per heavy atom. The molecule has 0 bridgehead atoms. The van der Waals surface area contributed by atoms with Gasteiger partial charge in [-0.2, -0.15) is 0 Å². The van der Waals surface area contributed by atoms with Crippen molar-refractivity contribution in [3.8, 4) is 0 Å². The van der Waals surface area contributed by atoms with Gasteiger partial charge in [-0.3, -0.25) is 25.0 Å². The van der Waals surface area contributed by atoms with Crippen LogP contribution in [0.4, 0.5) is 17.1 Å². The monoisotopic (exact) mass is 460 g/mol. The van der Waals surface area contributed by atoms with Gasteiger partial charge in [0.2, 0.25) is 11.8 Å². The van der Waals surface area contributed by atoms with E-state index in [2.05, 4.69) is 16.0 Å². The van der Waals surface area contributed by atoms with E-state index in [0.717, 1.165) is 5.56 Å². The number of nitro groups is 1. The molecule has 166 valence electrons. The number of nitrogens with one attached hydrogen (secondary N) is 3. The first kappa shape index (κ1) is 23.3. The van der Waals surface area contributed by atoms with Gasteiger partial charge in [-0.1, -0.05) is 36.4 Å². The number of carbonyl (C=O) groups is 2. The number of hydrogen-bond acceptors (Lipinski definition) is 5. The summed E-state index contributed by atoms with van der Waals surface area (Å²) in [5, 5.41) is 19.0. The van der Waals surface area contributed by atoms with Crippen LogP contribution < -0.4 is 16.0 Å². The highest BCUT2D eigenvalue weighted by Crippen LogP contribution is 2.16. The fourth-order valence-electron chi connectivity index (χ4n) is 2.86. The van der Waals surface area contributed by atoms with Gasteiger partial charge in [0.05, 0.1) is 11.3 Å². The summed E-state index contributed by atoms with van der Waals surface area (Å²) in [7, 11) is 0. The molecule has 9 heteroatoms. The summed E-state index contributed by atoms with van der Waals surface area (Å²) in [6, 6.07) is 22.2. The molecule has 33 heavy (non-hydrogen) atoms. The highest BCUT2D eigenvalue weighted by atomic mass is 32.1. The largest absolute Gasteiger partial charge is 0.332 e. The Morgan fingerprint density at radius 1 is 0.909 bits per heavy atom. The van der Waals surface area contributed by atoms with Crippen molar-refractivity contribution < 1.29 is 14.5 Å². The van der Waals surface area contributed by atoms with E-state index in [1.807, 2.05) is 30.3 Å². The first-order valence-electron chi connectivity index (χ1n) is 9.87. The lowest BCUT2D eigenvalue weighted by molar-refractivity contribution is -0.384. The second-order valence-corrected chi connectivity index (χ2v) is 7.32. The van der Waals surface area contributed by atoms with Gasteiger partial charge in [0.1, 0.15) is 0 Å². The van der Waals surface area contributed by atoms with Gasteiger partial charge in [-0.15, -0.1) is 0 Å². The first-order chi connectivity index (χ1) is 15.9. The van der Waals surface area contributed by atoms with Crippen molar-refractivity contribution >= 4 is 52.3 Å². The molecule has 3 aromatic rings. The van der Waals surface area contributed by atoms with E-state index in [9.17, 15) is 19.7 Å². The van der Waals surface area contributed by atoms with Crippen molar-refractivity contribution in [1.82, 2.24) is 5.32 Å². The third-order valence-corrected chi connectivity index (χ3v) is 4.58. The number of rotatable bonds is 7. The van der Waals surface area contributed by atoms with E-state index in [4.69, 9.17) is 12.2 Å². The van der Waals surface area contributed by atoms with Gasteiger partial charge >= 0.3 is 0 Å². The fraction of sp³-hybridized carbons (Fsp3) is 0.0417. The quantitative estimate of drug-likeness (QED) is 0.210. The third kappa shape index (κ3) is 7.67. The predicted molar refractivity (Wildman–Crippen MR) is 132 cm³/mol. The molecule has 0 saturated carbocycles. The van der Waals surface area contributed by atoms with Crippen LogP contribution in [0.1, 0.15) is 11.1 Å². The zero-order valence-electron chi connectivity index (χ0n) is 17.4. The Labute approximate surface area is 195 Å². The Balaban J connectivity index is 1.51. The van der Waals surface area contributed by atoms with Crippen molar-refractivity contribution in [1.29, 1.82) is 0 Å². The molecule has 0 saturated heterocycles. The zero-order chi connectivity index (χ0) is 23.6. The van der Waals surface area contributed by atoms with E-state index >= 15 is 0 Å². The highest BCUT2D eigenvalue weighted by molar-refractivity contribution is 7.80. The minimum atomic E-state index is -0.492. The molecule has 0 heterocycles. The van der Waals surface area contributed by atoms with E-state index in [1.54, 1.807) is 24.3 Å². The summed E-state index contributed by atoms with van der Waals surface area (Å²) in [6.45, 7) is 0. The maximum Gasteiger partial charge on any atom is 0.269 e. The van der Waals surface area contributed by atoms with Crippen LogP contribution in [-0.2, 0) is 16.0 Å². The predicted octanol–water partition coefficient (Wildman–Crippen LogP) is 4.30. The molecular formula is C24H20N4O4S. The summed E-state index contributed by atoms with van der Waals surface area (Å²) in [5.74, 6) is -0.608. The lowest BCUT2D eigenvalue weighted by Gasteiger charge is -2.10. The molecule has 3 rings (SSSR count). The molecule has 0 spiro atoms. The van der Waals surface area contributed by atoms with E-state index in [0.29, 0.717) is 16.9 Å². The van der Waals surface area contributed by atoms with Crippen molar-refractivity contribution in [3.63, 3.8) is 0 Å².